The van der Waals surface area contributed by atoms with Crippen LogP contribution in [0.25, 0.3) is 0 Å². The minimum atomic E-state index is -0.937. The third-order valence-electron chi connectivity index (χ3n) is 1.63. The van der Waals surface area contributed by atoms with E-state index in [9.17, 15) is 4.79 Å². The van der Waals surface area contributed by atoms with Crippen LogP contribution < -0.4 is 0 Å². The molecule has 0 aromatic carbocycles. The zero-order valence-corrected chi connectivity index (χ0v) is 7.67. The lowest BCUT2D eigenvalue weighted by Gasteiger charge is -2.14. The van der Waals surface area contributed by atoms with Crippen molar-refractivity contribution in [1.29, 1.82) is 0 Å². The van der Waals surface area contributed by atoms with Crippen molar-refractivity contribution in [2.45, 2.75) is 32.8 Å². The molecule has 3 heteroatoms. The van der Waals surface area contributed by atoms with E-state index in [4.69, 9.17) is 9.84 Å². The summed E-state index contributed by atoms with van der Waals surface area (Å²) in [6.45, 7) is 7.92. The first kappa shape index (κ1) is 11.2. The van der Waals surface area contributed by atoms with Crippen LogP contribution in [0.15, 0.2) is 12.2 Å². The molecular weight excluding hydrogens is 156 g/mol. The van der Waals surface area contributed by atoms with Crippen molar-refractivity contribution in [3.8, 4) is 0 Å². The van der Waals surface area contributed by atoms with Crippen LogP contribution in [-0.2, 0) is 9.53 Å². The maximum absolute atomic E-state index is 10.4. The summed E-state index contributed by atoms with van der Waals surface area (Å²) in [7, 11) is 0. The van der Waals surface area contributed by atoms with E-state index in [1.54, 1.807) is 0 Å². The summed E-state index contributed by atoms with van der Waals surface area (Å²) in [5.74, 6) is -0.937. The first-order valence-corrected chi connectivity index (χ1v) is 4.14. The highest BCUT2D eigenvalue weighted by Crippen LogP contribution is 2.10. The lowest BCUT2D eigenvalue weighted by atomic mass is 10.1. The minimum Gasteiger partial charge on any atom is -0.478 e. The van der Waals surface area contributed by atoms with Gasteiger partial charge in [0.15, 0.2) is 0 Å². The molecule has 0 saturated heterocycles. The van der Waals surface area contributed by atoms with Gasteiger partial charge in [-0.05, 0) is 13.3 Å². The van der Waals surface area contributed by atoms with Gasteiger partial charge in [-0.2, -0.15) is 0 Å². The Morgan fingerprint density at radius 2 is 2.17 bits per heavy atom. The van der Waals surface area contributed by atoms with Crippen LogP contribution in [-0.4, -0.2) is 23.8 Å². The molecule has 0 rings (SSSR count). The Labute approximate surface area is 73.0 Å². The maximum atomic E-state index is 10.4. The number of hydrogen-bond acceptors (Lipinski definition) is 2. The molecule has 0 aliphatic heterocycles. The predicted molar refractivity (Wildman–Crippen MR) is 47.1 cm³/mol. The fraction of sp³-hybridized carbons (Fsp3) is 0.667. The molecule has 0 aromatic heterocycles. The van der Waals surface area contributed by atoms with Gasteiger partial charge in [-0.3, -0.25) is 0 Å². The lowest BCUT2D eigenvalue weighted by Crippen LogP contribution is -2.15. The van der Waals surface area contributed by atoms with Crippen LogP contribution in [0.4, 0.5) is 0 Å². The van der Waals surface area contributed by atoms with Crippen molar-refractivity contribution in [2.75, 3.05) is 6.61 Å². The molecule has 0 heterocycles. The third-order valence-corrected chi connectivity index (χ3v) is 1.63. The van der Waals surface area contributed by atoms with E-state index in [1.807, 2.05) is 13.8 Å². The second kappa shape index (κ2) is 5.77. The van der Waals surface area contributed by atoms with Crippen LogP contribution in [0.3, 0.4) is 0 Å². The van der Waals surface area contributed by atoms with Gasteiger partial charge in [-0.15, -0.1) is 0 Å². The van der Waals surface area contributed by atoms with E-state index in [-0.39, 0.29) is 11.7 Å². The van der Waals surface area contributed by atoms with Gasteiger partial charge >= 0.3 is 5.97 Å². The number of ether oxygens (including phenoxy) is 1. The number of carbonyl (C=O) groups is 1. The normalized spacial score (nSPS) is 12.5. The average Bonchev–Trinajstić information content (AvgIpc) is 2.03. The molecule has 1 unspecified atom stereocenters. The Bertz CT molecular complexity index is 163. The fourth-order valence-electron chi connectivity index (χ4n) is 0.919. The monoisotopic (exact) mass is 172 g/mol. The van der Waals surface area contributed by atoms with Crippen LogP contribution >= 0.6 is 0 Å². The van der Waals surface area contributed by atoms with Gasteiger partial charge in [0.05, 0.1) is 6.10 Å². The summed E-state index contributed by atoms with van der Waals surface area (Å²) in [6.07, 6.45) is 1.23. The minimum absolute atomic E-state index is 0.00130. The Morgan fingerprint density at radius 3 is 2.50 bits per heavy atom. The molecule has 70 valence electrons. The Balaban J connectivity index is 3.85. The molecule has 0 radical (unpaired) electrons. The quantitative estimate of drug-likeness (QED) is 0.622. The van der Waals surface area contributed by atoms with Crippen LogP contribution in [0.2, 0.25) is 0 Å². The number of carboxylic acid groups (broad SMARTS) is 1. The first-order valence-electron chi connectivity index (χ1n) is 4.14. The van der Waals surface area contributed by atoms with Gasteiger partial charge in [0, 0.05) is 18.6 Å². The highest BCUT2D eigenvalue weighted by molar-refractivity contribution is 5.85. The number of aliphatic carboxylic acids is 1. The molecule has 0 bridgehead atoms. The molecule has 1 N–H and O–H groups in total. The number of carboxylic acids is 1. The second-order valence-electron chi connectivity index (χ2n) is 2.60. The molecule has 0 amide bonds. The van der Waals surface area contributed by atoms with Crippen LogP contribution in [0, 0.1) is 0 Å². The van der Waals surface area contributed by atoms with E-state index in [1.165, 1.54) is 0 Å². The zero-order chi connectivity index (χ0) is 9.56. The summed E-state index contributed by atoms with van der Waals surface area (Å²) in [5, 5.41) is 8.54. The first-order chi connectivity index (χ1) is 5.61. The van der Waals surface area contributed by atoms with Gasteiger partial charge < -0.3 is 9.84 Å². The molecule has 3 nitrogen and oxygen atoms in total. The van der Waals surface area contributed by atoms with E-state index in [2.05, 4.69) is 6.58 Å². The van der Waals surface area contributed by atoms with Crippen molar-refractivity contribution in [3.05, 3.63) is 12.2 Å². The smallest absolute Gasteiger partial charge is 0.331 e. The van der Waals surface area contributed by atoms with Crippen molar-refractivity contribution in [2.24, 2.45) is 0 Å². The molecule has 0 saturated carbocycles. The standard InChI is InChI=1S/C9H16O3/c1-4-8(12-5-2)6-7(3)9(10)11/h8H,3-6H2,1-2H3,(H,10,11). The summed E-state index contributed by atoms with van der Waals surface area (Å²) in [6, 6.07) is 0. The zero-order valence-electron chi connectivity index (χ0n) is 7.67. The van der Waals surface area contributed by atoms with Crippen molar-refractivity contribution >= 4 is 5.97 Å². The molecule has 0 aromatic rings. The molecule has 0 fully saturated rings. The van der Waals surface area contributed by atoms with Crippen molar-refractivity contribution in [3.63, 3.8) is 0 Å². The average molecular weight is 172 g/mol. The predicted octanol–water partition coefficient (Wildman–Crippen LogP) is 1.83. The van der Waals surface area contributed by atoms with Gasteiger partial charge in [0.1, 0.15) is 0 Å². The highest BCUT2D eigenvalue weighted by atomic mass is 16.5. The van der Waals surface area contributed by atoms with Gasteiger partial charge in [0.2, 0.25) is 0 Å². The van der Waals surface area contributed by atoms with Gasteiger partial charge in [0.25, 0.3) is 0 Å². The molecule has 0 aliphatic rings. The molecule has 0 aliphatic carbocycles. The summed E-state index contributed by atoms with van der Waals surface area (Å²) in [5.41, 5.74) is 0.218. The Kier molecular flexibility index (Phi) is 5.37. The van der Waals surface area contributed by atoms with Gasteiger partial charge in [-0.1, -0.05) is 13.5 Å². The molecule has 0 spiro atoms. The number of hydrogen-bond donors (Lipinski definition) is 1. The Morgan fingerprint density at radius 1 is 1.58 bits per heavy atom. The second-order valence-corrected chi connectivity index (χ2v) is 2.60. The summed E-state index contributed by atoms with van der Waals surface area (Å²) in [4.78, 5) is 10.4. The van der Waals surface area contributed by atoms with Crippen LogP contribution in [0.5, 0.6) is 0 Å². The fourth-order valence-corrected chi connectivity index (χ4v) is 0.919. The maximum Gasteiger partial charge on any atom is 0.331 e. The highest BCUT2D eigenvalue weighted by Gasteiger charge is 2.11. The SMILES string of the molecule is C=C(CC(CC)OCC)C(=O)O. The van der Waals surface area contributed by atoms with E-state index in [0.29, 0.717) is 13.0 Å². The molecular formula is C9H16O3. The van der Waals surface area contributed by atoms with Crippen molar-refractivity contribution < 1.29 is 14.6 Å². The van der Waals surface area contributed by atoms with Crippen LogP contribution in [0.1, 0.15) is 26.7 Å². The van der Waals surface area contributed by atoms with Crippen molar-refractivity contribution in [1.82, 2.24) is 0 Å². The van der Waals surface area contributed by atoms with E-state index in [0.717, 1.165) is 6.42 Å². The molecule has 1 atom stereocenters. The topological polar surface area (TPSA) is 46.5 Å². The third kappa shape index (κ3) is 4.13. The van der Waals surface area contributed by atoms with Gasteiger partial charge in [-0.25, -0.2) is 4.79 Å². The number of rotatable bonds is 6. The lowest BCUT2D eigenvalue weighted by molar-refractivity contribution is -0.133. The summed E-state index contributed by atoms with van der Waals surface area (Å²) >= 11 is 0. The van der Waals surface area contributed by atoms with E-state index >= 15 is 0 Å². The molecule has 12 heavy (non-hydrogen) atoms. The Hall–Kier alpha value is -0.830. The summed E-state index contributed by atoms with van der Waals surface area (Å²) < 4.78 is 5.29. The largest absolute Gasteiger partial charge is 0.478 e. The van der Waals surface area contributed by atoms with E-state index < -0.39 is 5.97 Å².